The van der Waals surface area contributed by atoms with Gasteiger partial charge in [0.2, 0.25) is 0 Å². The second-order valence-electron chi connectivity index (χ2n) is 13.8. The number of aliphatic imine (C=N–C) groups is 1. The summed E-state index contributed by atoms with van der Waals surface area (Å²) < 4.78 is 74.5. The van der Waals surface area contributed by atoms with Gasteiger partial charge in [0.1, 0.15) is 19.1 Å². The molecule has 270 valence electrons. The number of alkyl halides is 5. The van der Waals surface area contributed by atoms with E-state index in [0.29, 0.717) is 21.4 Å². The van der Waals surface area contributed by atoms with E-state index in [1.807, 2.05) is 20.8 Å². The number of nitrogens with two attached hydrogens (primary N) is 1. The van der Waals surface area contributed by atoms with E-state index in [2.05, 4.69) is 15.2 Å². The zero-order valence-electron chi connectivity index (χ0n) is 27.7. The van der Waals surface area contributed by atoms with Crippen LogP contribution < -0.4 is 5.73 Å². The van der Waals surface area contributed by atoms with E-state index in [1.165, 1.54) is 35.5 Å². The van der Waals surface area contributed by atoms with Gasteiger partial charge in [0.25, 0.3) is 12.3 Å². The average molecular weight is 733 g/mol. The molecule has 2 aromatic heterocycles. The molecule has 6 rings (SSSR count). The van der Waals surface area contributed by atoms with Crippen LogP contribution in [0.5, 0.6) is 0 Å². The van der Waals surface area contributed by atoms with Crippen molar-refractivity contribution in [2.24, 2.45) is 22.1 Å². The lowest BCUT2D eigenvalue weighted by molar-refractivity contribution is -0.148. The highest BCUT2D eigenvalue weighted by Gasteiger charge is 2.53. The van der Waals surface area contributed by atoms with Gasteiger partial charge in [-0.25, -0.2) is 32.5 Å². The molecular formula is C34H34ClF5N8O3. The lowest BCUT2D eigenvalue weighted by Gasteiger charge is -2.35. The summed E-state index contributed by atoms with van der Waals surface area (Å²) in [6.45, 7) is 2.51. The number of benzene rings is 2. The SMILES string of the molecule is CC(C)(C)C[C@]1(c2ccc(-c3cnn(C(F)F)c3)cc2)N=C(N)N([C@H](COC(=O)C[C@H]2C[C@@H]2F)c2ccc(Cl)c(-n3ncnc3C(F)F)c2)C1=O. The van der Waals surface area contributed by atoms with Crippen LogP contribution in [-0.2, 0) is 19.9 Å². The summed E-state index contributed by atoms with van der Waals surface area (Å²) in [5.74, 6) is -2.58. The van der Waals surface area contributed by atoms with Gasteiger partial charge in [0.05, 0.1) is 29.4 Å². The third-order valence-corrected chi connectivity index (χ3v) is 9.06. The Hall–Kier alpha value is -4.86. The quantitative estimate of drug-likeness (QED) is 0.123. The Labute approximate surface area is 294 Å². The van der Waals surface area contributed by atoms with E-state index in [0.717, 1.165) is 11.0 Å². The molecule has 4 atom stereocenters. The molecule has 17 heteroatoms. The zero-order valence-corrected chi connectivity index (χ0v) is 28.4. The number of hydrogen-bond acceptors (Lipinski definition) is 8. The van der Waals surface area contributed by atoms with Gasteiger partial charge in [-0.2, -0.15) is 19.0 Å². The van der Waals surface area contributed by atoms with Crippen molar-refractivity contribution in [3.05, 3.63) is 83.2 Å². The predicted octanol–water partition coefficient (Wildman–Crippen LogP) is 6.94. The first-order valence-corrected chi connectivity index (χ1v) is 16.4. The number of nitrogens with zero attached hydrogens (tertiary/aromatic N) is 7. The molecule has 1 saturated carbocycles. The van der Waals surface area contributed by atoms with Crippen LogP contribution >= 0.6 is 11.6 Å². The summed E-state index contributed by atoms with van der Waals surface area (Å²) in [5.41, 5.74) is 6.26. The standard InChI is InChI=1S/C34H34ClF5N8O3/c1-33(2,3)16-34(22-7-4-18(5-8-22)21-13-43-46(14-21)31(39)40)30(50)47(32(41)45-34)26(15-51-27(49)12-20-10-24(20)36)19-6-9-23(35)25(11-19)48-29(28(37)38)42-17-44-48/h4-9,11,13-14,17,20,24,26,28,31H,10,12,15-16H2,1-3H3,(H2,41,45)/t20-,24+,26-,34-/m1/s1. The number of carbonyl (C=O) groups is 2. The number of aromatic nitrogens is 5. The summed E-state index contributed by atoms with van der Waals surface area (Å²) in [5, 5.41) is 7.64. The van der Waals surface area contributed by atoms with Crippen molar-refractivity contribution in [2.75, 3.05) is 6.61 Å². The molecule has 0 bridgehead atoms. The Morgan fingerprint density at radius 1 is 1.10 bits per heavy atom. The van der Waals surface area contributed by atoms with Gasteiger partial charge in [-0.15, -0.1) is 0 Å². The number of guanidine groups is 1. The number of ether oxygens (including phenoxy) is 1. The highest BCUT2D eigenvalue weighted by Crippen LogP contribution is 2.45. The molecule has 0 spiro atoms. The number of esters is 1. The maximum absolute atomic E-state index is 14.9. The molecule has 3 heterocycles. The van der Waals surface area contributed by atoms with Crippen LogP contribution in [0.2, 0.25) is 5.02 Å². The molecule has 0 radical (unpaired) electrons. The van der Waals surface area contributed by atoms with Crippen LogP contribution in [0.3, 0.4) is 0 Å². The van der Waals surface area contributed by atoms with Crippen molar-refractivity contribution in [3.8, 4) is 16.8 Å². The molecule has 1 aliphatic heterocycles. The van der Waals surface area contributed by atoms with E-state index in [1.54, 1.807) is 24.3 Å². The third kappa shape index (κ3) is 7.32. The highest BCUT2D eigenvalue weighted by atomic mass is 35.5. The van der Waals surface area contributed by atoms with E-state index < -0.39 is 66.4 Å². The fourth-order valence-electron chi connectivity index (χ4n) is 6.28. The minimum Gasteiger partial charge on any atom is -0.463 e. The van der Waals surface area contributed by atoms with Crippen LogP contribution in [0, 0.1) is 11.3 Å². The second-order valence-corrected chi connectivity index (χ2v) is 14.2. The molecule has 1 amide bonds. The Balaban J connectivity index is 1.40. The summed E-state index contributed by atoms with van der Waals surface area (Å²) in [7, 11) is 0. The Morgan fingerprint density at radius 2 is 1.80 bits per heavy atom. The summed E-state index contributed by atoms with van der Waals surface area (Å²) in [6, 6.07) is 9.87. The topological polar surface area (TPSA) is 134 Å². The monoisotopic (exact) mass is 732 g/mol. The van der Waals surface area contributed by atoms with Crippen molar-refractivity contribution in [1.82, 2.24) is 29.4 Å². The summed E-state index contributed by atoms with van der Waals surface area (Å²) in [6.07, 6.45) is -0.363. The number of amides is 1. The summed E-state index contributed by atoms with van der Waals surface area (Å²) >= 11 is 6.44. The number of rotatable bonds is 12. The third-order valence-electron chi connectivity index (χ3n) is 8.74. The predicted molar refractivity (Wildman–Crippen MR) is 176 cm³/mol. The first kappa shape index (κ1) is 35.9. The lowest BCUT2D eigenvalue weighted by atomic mass is 9.75. The molecule has 2 aliphatic rings. The van der Waals surface area contributed by atoms with Crippen molar-refractivity contribution >= 4 is 29.4 Å². The molecule has 2 N–H and O–H groups in total. The van der Waals surface area contributed by atoms with E-state index in [4.69, 9.17) is 27.1 Å². The second kappa shape index (κ2) is 13.7. The molecule has 0 saturated heterocycles. The smallest absolute Gasteiger partial charge is 0.333 e. The van der Waals surface area contributed by atoms with E-state index in [-0.39, 0.29) is 41.5 Å². The van der Waals surface area contributed by atoms with Gasteiger partial charge in [-0.3, -0.25) is 14.5 Å². The van der Waals surface area contributed by atoms with Crippen LogP contribution in [0.15, 0.2) is 66.2 Å². The molecule has 11 nitrogen and oxygen atoms in total. The Morgan fingerprint density at radius 3 is 2.41 bits per heavy atom. The maximum Gasteiger partial charge on any atom is 0.333 e. The van der Waals surface area contributed by atoms with E-state index >= 15 is 0 Å². The number of carbonyl (C=O) groups excluding carboxylic acids is 2. The van der Waals surface area contributed by atoms with Crippen molar-refractivity contribution in [1.29, 1.82) is 0 Å². The number of hydrogen-bond donors (Lipinski definition) is 1. The minimum atomic E-state index is -2.99. The van der Waals surface area contributed by atoms with Crippen LogP contribution in [0.4, 0.5) is 22.0 Å². The largest absolute Gasteiger partial charge is 0.463 e. The van der Waals surface area contributed by atoms with Crippen LogP contribution in [-0.4, -0.2) is 60.1 Å². The first-order valence-electron chi connectivity index (χ1n) is 16.0. The fourth-order valence-corrected chi connectivity index (χ4v) is 6.48. The lowest BCUT2D eigenvalue weighted by Crippen LogP contribution is -2.47. The van der Waals surface area contributed by atoms with Crippen LogP contribution in [0.1, 0.15) is 76.0 Å². The van der Waals surface area contributed by atoms with Crippen molar-refractivity contribution in [2.45, 2.75) is 70.8 Å². The molecular weight excluding hydrogens is 699 g/mol. The molecule has 0 unspecified atom stereocenters. The van der Waals surface area contributed by atoms with Gasteiger partial charge < -0.3 is 10.5 Å². The van der Waals surface area contributed by atoms with Gasteiger partial charge in [-0.1, -0.05) is 62.7 Å². The number of halogens is 6. The average Bonchev–Trinajstić information content (AvgIpc) is 3.45. The highest BCUT2D eigenvalue weighted by molar-refractivity contribution is 6.32. The fraction of sp³-hybridized carbons (Fsp3) is 0.412. The van der Waals surface area contributed by atoms with Gasteiger partial charge in [0.15, 0.2) is 17.3 Å². The zero-order chi connectivity index (χ0) is 36.8. The van der Waals surface area contributed by atoms with Crippen molar-refractivity contribution in [3.63, 3.8) is 0 Å². The van der Waals surface area contributed by atoms with Crippen LogP contribution in [0.25, 0.3) is 16.8 Å². The molecule has 4 aromatic rings. The van der Waals surface area contributed by atoms with Gasteiger partial charge >= 0.3 is 12.5 Å². The first-order chi connectivity index (χ1) is 24.1. The van der Waals surface area contributed by atoms with Crippen molar-refractivity contribution < 1.29 is 36.3 Å². The van der Waals surface area contributed by atoms with Gasteiger partial charge in [-0.05, 0) is 47.1 Å². The Kier molecular flexibility index (Phi) is 9.65. The molecule has 2 aromatic carbocycles. The molecule has 1 fully saturated rings. The van der Waals surface area contributed by atoms with E-state index in [9.17, 15) is 31.5 Å². The van der Waals surface area contributed by atoms with Gasteiger partial charge in [0, 0.05) is 17.7 Å². The summed E-state index contributed by atoms with van der Waals surface area (Å²) in [4.78, 5) is 37.2. The Bertz CT molecular complexity index is 1960. The molecule has 1 aliphatic carbocycles. The maximum atomic E-state index is 14.9. The normalized spacial score (nSPS) is 21.0. The molecule has 51 heavy (non-hydrogen) atoms. The minimum absolute atomic E-state index is 0.0189.